The molecule has 0 saturated heterocycles. The summed E-state index contributed by atoms with van der Waals surface area (Å²) in [6.07, 6.45) is 3.00. The third kappa shape index (κ3) is 2.11. The number of nitrogens with zero attached hydrogens (tertiary/aromatic N) is 2. The standard InChI is InChI=1S/C13H8ClIN2O2S/c14-11-7-16-8-12-10(11)6-13(15)17(12)20(18,19)9-4-2-1-3-5-9/h1-8H. The Morgan fingerprint density at radius 2 is 1.85 bits per heavy atom. The number of aromatic nitrogens is 2. The molecule has 102 valence electrons. The Labute approximate surface area is 134 Å². The predicted octanol–water partition coefficient (Wildman–Crippen LogP) is 3.53. The third-order valence-electron chi connectivity index (χ3n) is 2.88. The molecular weight excluding hydrogens is 411 g/mol. The molecule has 0 saturated carbocycles. The fourth-order valence-corrected chi connectivity index (χ4v) is 4.93. The Bertz CT molecular complexity index is 891. The molecule has 1 aromatic carbocycles. The molecule has 2 aromatic heterocycles. The molecule has 3 aromatic rings. The van der Waals surface area contributed by atoms with Gasteiger partial charge in [0.05, 0.1) is 25.3 Å². The summed E-state index contributed by atoms with van der Waals surface area (Å²) in [5.41, 5.74) is 0.478. The van der Waals surface area contributed by atoms with Crippen LogP contribution in [0.1, 0.15) is 0 Å². The second-order valence-corrected chi connectivity index (χ2v) is 7.40. The van der Waals surface area contributed by atoms with Gasteiger partial charge in [0.25, 0.3) is 10.0 Å². The fourth-order valence-electron chi connectivity index (χ4n) is 1.97. The Morgan fingerprint density at radius 3 is 2.55 bits per heavy atom. The zero-order chi connectivity index (χ0) is 14.3. The highest BCUT2D eigenvalue weighted by molar-refractivity contribution is 14.1. The summed E-state index contributed by atoms with van der Waals surface area (Å²) in [4.78, 5) is 4.20. The van der Waals surface area contributed by atoms with E-state index in [0.29, 0.717) is 19.6 Å². The van der Waals surface area contributed by atoms with E-state index in [1.54, 1.807) is 36.4 Å². The molecule has 0 spiro atoms. The van der Waals surface area contributed by atoms with Gasteiger partial charge in [-0.2, -0.15) is 0 Å². The second kappa shape index (κ2) is 5.01. The first-order valence-electron chi connectivity index (χ1n) is 5.63. The monoisotopic (exact) mass is 418 g/mol. The van der Waals surface area contributed by atoms with Crippen molar-refractivity contribution < 1.29 is 8.42 Å². The van der Waals surface area contributed by atoms with E-state index in [1.807, 2.05) is 22.6 Å². The van der Waals surface area contributed by atoms with E-state index < -0.39 is 10.0 Å². The van der Waals surface area contributed by atoms with Crippen LogP contribution in [0.4, 0.5) is 0 Å². The largest absolute Gasteiger partial charge is 0.269 e. The molecule has 0 radical (unpaired) electrons. The minimum Gasteiger partial charge on any atom is -0.261 e. The normalized spacial score (nSPS) is 11.9. The van der Waals surface area contributed by atoms with Crippen LogP contribution in [0.15, 0.2) is 53.7 Å². The van der Waals surface area contributed by atoms with Gasteiger partial charge in [-0.25, -0.2) is 12.4 Å². The maximum absolute atomic E-state index is 12.7. The van der Waals surface area contributed by atoms with Gasteiger partial charge in [-0.15, -0.1) is 0 Å². The molecule has 0 aliphatic rings. The van der Waals surface area contributed by atoms with Crippen molar-refractivity contribution in [2.75, 3.05) is 0 Å². The van der Waals surface area contributed by atoms with E-state index in [4.69, 9.17) is 11.6 Å². The lowest BCUT2D eigenvalue weighted by molar-refractivity contribution is 0.588. The van der Waals surface area contributed by atoms with E-state index in [2.05, 4.69) is 4.98 Å². The van der Waals surface area contributed by atoms with E-state index >= 15 is 0 Å². The zero-order valence-electron chi connectivity index (χ0n) is 9.99. The van der Waals surface area contributed by atoms with Crippen molar-refractivity contribution in [1.82, 2.24) is 8.96 Å². The summed E-state index contributed by atoms with van der Waals surface area (Å²) in [6.45, 7) is 0. The Kier molecular flexibility index (Phi) is 3.47. The molecule has 20 heavy (non-hydrogen) atoms. The summed E-state index contributed by atoms with van der Waals surface area (Å²) in [7, 11) is -3.66. The Balaban J connectivity index is 2.36. The number of fused-ring (bicyclic) bond motifs is 1. The minimum atomic E-state index is -3.66. The highest BCUT2D eigenvalue weighted by Crippen LogP contribution is 2.30. The van der Waals surface area contributed by atoms with Crippen LogP contribution in [0, 0.1) is 3.70 Å². The van der Waals surface area contributed by atoms with E-state index in [1.165, 1.54) is 16.4 Å². The van der Waals surface area contributed by atoms with Crippen molar-refractivity contribution in [3.63, 3.8) is 0 Å². The minimum absolute atomic E-state index is 0.232. The van der Waals surface area contributed by atoms with Crippen LogP contribution >= 0.6 is 34.2 Å². The number of rotatable bonds is 2. The lowest BCUT2D eigenvalue weighted by Gasteiger charge is -2.08. The number of halogens is 2. The molecule has 0 amide bonds. The van der Waals surface area contributed by atoms with Gasteiger partial charge in [0.2, 0.25) is 0 Å². The van der Waals surface area contributed by atoms with Crippen LogP contribution in [0.25, 0.3) is 10.9 Å². The van der Waals surface area contributed by atoms with Crippen LogP contribution in [-0.4, -0.2) is 17.4 Å². The van der Waals surface area contributed by atoms with Gasteiger partial charge < -0.3 is 0 Å². The topological polar surface area (TPSA) is 52.0 Å². The maximum atomic E-state index is 12.7. The van der Waals surface area contributed by atoms with E-state index in [0.717, 1.165) is 0 Å². The fraction of sp³-hybridized carbons (Fsp3) is 0. The van der Waals surface area contributed by atoms with Gasteiger partial charge >= 0.3 is 0 Å². The van der Waals surface area contributed by atoms with Gasteiger partial charge in [-0.3, -0.25) is 4.98 Å². The molecule has 0 atom stereocenters. The predicted molar refractivity (Wildman–Crippen MR) is 86.5 cm³/mol. The number of hydrogen-bond donors (Lipinski definition) is 0. The van der Waals surface area contributed by atoms with Crippen molar-refractivity contribution >= 4 is 55.1 Å². The highest BCUT2D eigenvalue weighted by Gasteiger charge is 2.22. The SMILES string of the molecule is O=S(=O)(c1ccccc1)n1c(I)cc2c(Cl)cncc21. The lowest BCUT2D eigenvalue weighted by atomic mass is 10.3. The molecule has 2 heterocycles. The summed E-state index contributed by atoms with van der Waals surface area (Å²) in [5.74, 6) is 0. The number of pyridine rings is 1. The molecular formula is C13H8ClIN2O2S. The number of hydrogen-bond acceptors (Lipinski definition) is 3. The van der Waals surface area contributed by atoms with Gasteiger partial charge in [-0.05, 0) is 40.8 Å². The second-order valence-electron chi connectivity index (χ2n) is 4.10. The van der Waals surface area contributed by atoms with Crippen LogP contribution in [0.2, 0.25) is 5.02 Å². The van der Waals surface area contributed by atoms with Crippen LogP contribution < -0.4 is 0 Å². The zero-order valence-corrected chi connectivity index (χ0v) is 13.7. The van der Waals surface area contributed by atoms with Crippen molar-refractivity contribution in [2.24, 2.45) is 0 Å². The quantitative estimate of drug-likeness (QED) is 0.598. The maximum Gasteiger partial charge on any atom is 0.269 e. The highest BCUT2D eigenvalue weighted by atomic mass is 127. The average molecular weight is 419 g/mol. The van der Waals surface area contributed by atoms with Crippen molar-refractivity contribution in [3.05, 3.63) is 57.5 Å². The summed E-state index contributed by atoms with van der Waals surface area (Å²) in [5, 5.41) is 1.10. The molecule has 0 N–H and O–H groups in total. The molecule has 3 rings (SSSR count). The van der Waals surface area contributed by atoms with Crippen molar-refractivity contribution in [2.45, 2.75) is 4.90 Å². The van der Waals surface area contributed by atoms with Gasteiger partial charge in [0, 0.05) is 11.6 Å². The summed E-state index contributed by atoms with van der Waals surface area (Å²) in [6, 6.07) is 10.0. The van der Waals surface area contributed by atoms with Crippen LogP contribution in [0.3, 0.4) is 0 Å². The first kappa shape index (κ1) is 13.8. The summed E-state index contributed by atoms with van der Waals surface area (Å²) >= 11 is 8.04. The Morgan fingerprint density at radius 1 is 1.15 bits per heavy atom. The molecule has 7 heteroatoms. The molecule has 0 unspecified atom stereocenters. The molecule has 0 aliphatic heterocycles. The smallest absolute Gasteiger partial charge is 0.261 e. The van der Waals surface area contributed by atoms with Crippen molar-refractivity contribution in [1.29, 1.82) is 0 Å². The number of benzene rings is 1. The molecule has 4 nitrogen and oxygen atoms in total. The first-order chi connectivity index (χ1) is 9.51. The third-order valence-corrected chi connectivity index (χ3v) is 6.04. The average Bonchev–Trinajstić information content (AvgIpc) is 2.78. The van der Waals surface area contributed by atoms with Crippen LogP contribution in [0.5, 0.6) is 0 Å². The first-order valence-corrected chi connectivity index (χ1v) is 8.52. The van der Waals surface area contributed by atoms with E-state index in [-0.39, 0.29) is 4.90 Å². The molecule has 0 aliphatic carbocycles. The lowest BCUT2D eigenvalue weighted by Crippen LogP contribution is -2.14. The molecule has 0 fully saturated rings. The summed E-state index contributed by atoms with van der Waals surface area (Å²) < 4.78 is 27.3. The van der Waals surface area contributed by atoms with Crippen LogP contribution in [-0.2, 0) is 10.0 Å². The van der Waals surface area contributed by atoms with E-state index in [9.17, 15) is 8.42 Å². The van der Waals surface area contributed by atoms with Gasteiger partial charge in [0.1, 0.15) is 0 Å². The van der Waals surface area contributed by atoms with Crippen molar-refractivity contribution in [3.8, 4) is 0 Å². The van der Waals surface area contributed by atoms with Gasteiger partial charge in [0.15, 0.2) is 0 Å². The Hall–Kier alpha value is -1.12. The molecule has 0 bridgehead atoms. The van der Waals surface area contributed by atoms with Gasteiger partial charge in [-0.1, -0.05) is 29.8 Å².